The van der Waals surface area contributed by atoms with Crippen molar-refractivity contribution in [2.24, 2.45) is 0 Å². The Morgan fingerprint density at radius 3 is 2.12 bits per heavy atom. The van der Waals surface area contributed by atoms with E-state index in [2.05, 4.69) is 15.0 Å². The Morgan fingerprint density at radius 2 is 1.48 bits per heavy atom. The molecule has 0 atom stereocenters. The topological polar surface area (TPSA) is 85.2 Å². The second kappa shape index (κ2) is 10.0. The smallest absolute Gasteiger partial charge is 0.338 e. The lowest BCUT2D eigenvalue weighted by Crippen LogP contribution is -2.06. The summed E-state index contributed by atoms with van der Waals surface area (Å²) in [7, 11) is 0. The van der Waals surface area contributed by atoms with E-state index in [0.29, 0.717) is 35.2 Å². The van der Waals surface area contributed by atoms with Crippen LogP contribution in [0.1, 0.15) is 35.7 Å². The van der Waals surface area contributed by atoms with Crippen molar-refractivity contribution in [2.75, 3.05) is 6.61 Å². The van der Waals surface area contributed by atoms with Gasteiger partial charge in [-0.25, -0.2) is 19.7 Å². The van der Waals surface area contributed by atoms with E-state index in [0.717, 1.165) is 29.5 Å². The third-order valence-corrected chi connectivity index (χ3v) is 5.17. The van der Waals surface area contributed by atoms with Crippen LogP contribution in [0, 0.1) is 6.92 Å². The number of phenols is 1. The third-order valence-electron chi connectivity index (χ3n) is 5.17. The van der Waals surface area contributed by atoms with Crippen molar-refractivity contribution < 1.29 is 14.6 Å². The van der Waals surface area contributed by atoms with Crippen molar-refractivity contribution in [1.29, 1.82) is 0 Å². The first kappa shape index (κ1) is 22.1. The number of phenolic OH excluding ortho intramolecular Hbond substituents is 1. The van der Waals surface area contributed by atoms with Crippen molar-refractivity contribution >= 4 is 5.97 Å². The van der Waals surface area contributed by atoms with Crippen LogP contribution in [0.5, 0.6) is 5.75 Å². The number of nitrogens with zero attached hydrogens (tertiary/aromatic N) is 3. The SMILES string of the molecule is CCCCOC(=O)c1ccc(-c2nc(-c3ccccc3)nc(-c3ccc(C)cc3O)n2)cc1. The zero-order valence-electron chi connectivity index (χ0n) is 18.7. The predicted octanol–water partition coefficient (Wildman–Crippen LogP) is 5.84. The highest BCUT2D eigenvalue weighted by atomic mass is 16.5. The number of ether oxygens (including phenoxy) is 1. The summed E-state index contributed by atoms with van der Waals surface area (Å²) in [6, 6.07) is 22.0. The zero-order chi connectivity index (χ0) is 23.2. The Morgan fingerprint density at radius 1 is 0.848 bits per heavy atom. The van der Waals surface area contributed by atoms with Gasteiger partial charge in [-0.3, -0.25) is 0 Å². The Kier molecular flexibility index (Phi) is 6.74. The first-order valence-corrected chi connectivity index (χ1v) is 10.9. The number of aromatic hydroxyl groups is 1. The number of carbonyl (C=O) groups excluding carboxylic acids is 1. The molecule has 0 saturated carbocycles. The summed E-state index contributed by atoms with van der Waals surface area (Å²) >= 11 is 0. The lowest BCUT2D eigenvalue weighted by molar-refractivity contribution is 0.0499. The minimum atomic E-state index is -0.346. The molecule has 0 amide bonds. The Bertz CT molecular complexity index is 1260. The minimum Gasteiger partial charge on any atom is -0.507 e. The van der Waals surface area contributed by atoms with Crippen molar-refractivity contribution in [1.82, 2.24) is 15.0 Å². The molecule has 6 heteroatoms. The molecule has 0 radical (unpaired) electrons. The van der Waals surface area contributed by atoms with Crippen LogP contribution in [0.3, 0.4) is 0 Å². The fraction of sp³-hybridized carbons (Fsp3) is 0.185. The highest BCUT2D eigenvalue weighted by molar-refractivity contribution is 5.90. The summed E-state index contributed by atoms with van der Waals surface area (Å²) in [5.41, 5.74) is 3.51. The van der Waals surface area contributed by atoms with Crippen molar-refractivity contribution in [2.45, 2.75) is 26.7 Å². The molecular formula is C27H25N3O3. The number of aromatic nitrogens is 3. The molecule has 0 saturated heterocycles. The van der Waals surface area contributed by atoms with Crippen LogP contribution < -0.4 is 0 Å². The maximum atomic E-state index is 12.2. The van der Waals surface area contributed by atoms with E-state index in [-0.39, 0.29) is 11.7 Å². The van der Waals surface area contributed by atoms with E-state index in [9.17, 15) is 9.90 Å². The van der Waals surface area contributed by atoms with E-state index in [4.69, 9.17) is 4.74 Å². The number of hydrogen-bond acceptors (Lipinski definition) is 6. The number of unbranched alkanes of at least 4 members (excludes halogenated alkanes) is 1. The van der Waals surface area contributed by atoms with Crippen molar-refractivity contribution in [3.05, 3.63) is 83.9 Å². The summed E-state index contributed by atoms with van der Waals surface area (Å²) in [6.07, 6.45) is 1.81. The van der Waals surface area contributed by atoms with Gasteiger partial charge in [-0.05, 0) is 43.2 Å². The molecule has 0 fully saturated rings. The molecule has 0 bridgehead atoms. The van der Waals surface area contributed by atoms with Crippen LogP contribution in [0.4, 0.5) is 0 Å². The van der Waals surface area contributed by atoms with E-state index in [1.54, 1.807) is 36.4 Å². The van der Waals surface area contributed by atoms with Gasteiger partial charge in [-0.15, -0.1) is 0 Å². The summed E-state index contributed by atoms with van der Waals surface area (Å²) < 4.78 is 5.28. The molecule has 0 aliphatic carbocycles. The number of carbonyl (C=O) groups is 1. The predicted molar refractivity (Wildman–Crippen MR) is 128 cm³/mol. The first-order chi connectivity index (χ1) is 16.0. The van der Waals surface area contributed by atoms with E-state index >= 15 is 0 Å². The maximum absolute atomic E-state index is 12.2. The van der Waals surface area contributed by atoms with Crippen molar-refractivity contribution in [3.8, 4) is 39.9 Å². The highest BCUT2D eigenvalue weighted by Crippen LogP contribution is 2.30. The molecule has 33 heavy (non-hydrogen) atoms. The molecule has 4 rings (SSSR count). The van der Waals surface area contributed by atoms with Gasteiger partial charge in [0.1, 0.15) is 5.75 Å². The molecule has 166 valence electrons. The van der Waals surface area contributed by atoms with Crippen LogP contribution in [-0.2, 0) is 4.74 Å². The fourth-order valence-corrected chi connectivity index (χ4v) is 3.32. The van der Waals surface area contributed by atoms with Gasteiger partial charge < -0.3 is 9.84 Å². The maximum Gasteiger partial charge on any atom is 0.338 e. The zero-order valence-corrected chi connectivity index (χ0v) is 18.7. The third kappa shape index (κ3) is 5.23. The molecule has 4 aromatic rings. The van der Waals surface area contributed by atoms with Gasteiger partial charge in [0.25, 0.3) is 0 Å². The summed E-state index contributed by atoms with van der Waals surface area (Å²) in [5.74, 6) is 1.08. The van der Waals surface area contributed by atoms with E-state index < -0.39 is 0 Å². The van der Waals surface area contributed by atoms with Gasteiger partial charge in [0, 0.05) is 11.1 Å². The Labute approximate surface area is 193 Å². The second-order valence-electron chi connectivity index (χ2n) is 7.76. The van der Waals surface area contributed by atoms with Crippen LogP contribution in [0.25, 0.3) is 34.2 Å². The molecule has 0 aliphatic heterocycles. The van der Waals surface area contributed by atoms with Crippen molar-refractivity contribution in [3.63, 3.8) is 0 Å². The fourth-order valence-electron chi connectivity index (χ4n) is 3.32. The molecule has 0 unspecified atom stereocenters. The molecule has 1 N–H and O–H groups in total. The van der Waals surface area contributed by atoms with E-state index in [1.165, 1.54) is 0 Å². The monoisotopic (exact) mass is 439 g/mol. The lowest BCUT2D eigenvalue weighted by Gasteiger charge is -2.10. The molecule has 0 spiro atoms. The number of benzene rings is 3. The Hall–Kier alpha value is -4.06. The average molecular weight is 440 g/mol. The number of aryl methyl sites for hydroxylation is 1. The number of rotatable bonds is 7. The first-order valence-electron chi connectivity index (χ1n) is 10.9. The normalized spacial score (nSPS) is 10.7. The molecular weight excluding hydrogens is 414 g/mol. The van der Waals surface area contributed by atoms with E-state index in [1.807, 2.05) is 50.2 Å². The van der Waals surface area contributed by atoms with Crippen LogP contribution in [-0.4, -0.2) is 32.6 Å². The van der Waals surface area contributed by atoms with Crippen LogP contribution >= 0.6 is 0 Å². The quantitative estimate of drug-likeness (QED) is 0.287. The highest BCUT2D eigenvalue weighted by Gasteiger charge is 2.15. The average Bonchev–Trinajstić information content (AvgIpc) is 2.84. The number of esters is 1. The van der Waals surface area contributed by atoms with Gasteiger partial charge in [0.05, 0.1) is 17.7 Å². The van der Waals surface area contributed by atoms with Crippen LogP contribution in [0.2, 0.25) is 0 Å². The van der Waals surface area contributed by atoms with Gasteiger partial charge in [0.2, 0.25) is 0 Å². The number of hydrogen-bond donors (Lipinski definition) is 1. The molecule has 0 aliphatic rings. The van der Waals surface area contributed by atoms with Gasteiger partial charge >= 0.3 is 5.97 Å². The van der Waals surface area contributed by atoms with Gasteiger partial charge in [-0.2, -0.15) is 0 Å². The van der Waals surface area contributed by atoms with Crippen LogP contribution in [0.15, 0.2) is 72.8 Å². The molecule has 3 aromatic carbocycles. The summed E-state index contributed by atoms with van der Waals surface area (Å²) in [6.45, 7) is 4.37. The second-order valence-corrected chi connectivity index (χ2v) is 7.76. The summed E-state index contributed by atoms with van der Waals surface area (Å²) in [4.78, 5) is 26.1. The lowest BCUT2D eigenvalue weighted by atomic mass is 10.1. The summed E-state index contributed by atoms with van der Waals surface area (Å²) in [5, 5.41) is 10.5. The molecule has 1 aromatic heterocycles. The van der Waals surface area contributed by atoms with Gasteiger partial charge in [0.15, 0.2) is 17.5 Å². The molecule has 1 heterocycles. The molecule has 6 nitrogen and oxygen atoms in total. The Balaban J connectivity index is 1.74. The largest absolute Gasteiger partial charge is 0.507 e. The minimum absolute atomic E-state index is 0.108. The van der Waals surface area contributed by atoms with Gasteiger partial charge in [-0.1, -0.05) is 61.9 Å². The standard InChI is InChI=1S/C27H25N3O3/c1-3-4-16-33-27(32)21-13-11-20(12-14-21)25-28-24(19-8-6-5-7-9-19)29-26(30-25)22-15-10-18(2)17-23(22)31/h5-15,17,31H,3-4,16H2,1-2H3.